The van der Waals surface area contributed by atoms with Gasteiger partial charge in [-0.3, -0.25) is 10.1 Å². The van der Waals surface area contributed by atoms with Gasteiger partial charge in [0.25, 0.3) is 5.69 Å². The molecule has 72 valence electrons. The summed E-state index contributed by atoms with van der Waals surface area (Å²) in [5, 5.41) is 19.1. The molecule has 0 radical (unpaired) electrons. The average Bonchev–Trinajstić information content (AvgIpc) is 2.13. The molecule has 1 aromatic carbocycles. The number of halogens is 2. The van der Waals surface area contributed by atoms with Crippen LogP contribution in [0.15, 0.2) is 16.6 Å². The minimum atomic E-state index is -0.442. The number of rotatable bonds is 2. The molecule has 0 heterocycles. The summed E-state index contributed by atoms with van der Waals surface area (Å²) in [6.45, 7) is 0. The Bertz CT molecular complexity index is 428. The van der Waals surface area contributed by atoms with E-state index in [0.29, 0.717) is 8.04 Å². The first-order valence-electron chi connectivity index (χ1n) is 3.56. The molecule has 0 aliphatic carbocycles. The van der Waals surface area contributed by atoms with E-state index in [9.17, 15) is 10.1 Å². The van der Waals surface area contributed by atoms with Gasteiger partial charge in [-0.2, -0.15) is 5.26 Å². The number of hydrogen-bond donors (Lipinski definition) is 0. The van der Waals surface area contributed by atoms with E-state index in [1.165, 1.54) is 6.07 Å². The largest absolute Gasteiger partial charge is 0.283 e. The predicted molar refractivity (Wildman–Crippen MR) is 62.8 cm³/mol. The van der Waals surface area contributed by atoms with Crippen molar-refractivity contribution >= 4 is 44.2 Å². The third-order valence-electron chi connectivity index (χ3n) is 1.61. The lowest BCUT2D eigenvalue weighted by Gasteiger charge is -2.02. The predicted octanol–water partition coefficient (Wildman–Crippen LogP) is 3.03. The van der Waals surface area contributed by atoms with Gasteiger partial charge in [-0.05, 0) is 50.2 Å². The second-order valence-corrected chi connectivity index (χ2v) is 4.34. The molecule has 0 aliphatic rings. The van der Waals surface area contributed by atoms with E-state index >= 15 is 0 Å². The Hall–Kier alpha value is -0.680. The summed E-state index contributed by atoms with van der Waals surface area (Å²) in [6, 6.07) is 5.00. The lowest BCUT2D eigenvalue weighted by molar-refractivity contribution is -0.385. The van der Waals surface area contributed by atoms with Crippen molar-refractivity contribution in [3.8, 4) is 6.07 Å². The molecular weight excluding hydrogens is 363 g/mol. The molecule has 1 aromatic rings. The van der Waals surface area contributed by atoms with Gasteiger partial charge < -0.3 is 0 Å². The second kappa shape index (κ2) is 4.70. The van der Waals surface area contributed by atoms with Crippen LogP contribution in [0.2, 0.25) is 0 Å². The molecule has 0 amide bonds. The standard InChI is InChI=1S/C8H4BrIN2O2/c9-7-5(3-4-11)1-2-6(8(7)10)12(13)14/h1-2H,3H2. The molecule has 0 atom stereocenters. The van der Waals surface area contributed by atoms with Crippen LogP contribution in [0.25, 0.3) is 0 Å². The molecule has 0 aromatic heterocycles. The van der Waals surface area contributed by atoms with Crippen molar-refractivity contribution in [2.24, 2.45) is 0 Å². The molecular formula is C8H4BrIN2O2. The number of nitro benzene ring substituents is 1. The third-order valence-corrected chi connectivity index (χ3v) is 4.35. The monoisotopic (exact) mass is 366 g/mol. The lowest BCUT2D eigenvalue weighted by atomic mass is 10.1. The number of hydrogen-bond acceptors (Lipinski definition) is 3. The van der Waals surface area contributed by atoms with Gasteiger partial charge in [0.1, 0.15) is 3.57 Å². The van der Waals surface area contributed by atoms with Crippen LogP contribution in [0, 0.1) is 25.0 Å². The molecule has 0 spiro atoms. The van der Waals surface area contributed by atoms with Gasteiger partial charge in [0, 0.05) is 10.5 Å². The van der Waals surface area contributed by atoms with E-state index in [1.807, 2.05) is 28.7 Å². The van der Waals surface area contributed by atoms with Gasteiger partial charge in [-0.15, -0.1) is 0 Å². The molecule has 6 heteroatoms. The summed E-state index contributed by atoms with van der Waals surface area (Å²) in [5.41, 5.74) is 0.821. The van der Waals surface area contributed by atoms with E-state index in [-0.39, 0.29) is 12.1 Å². The zero-order valence-electron chi connectivity index (χ0n) is 6.83. The second-order valence-electron chi connectivity index (χ2n) is 2.46. The highest BCUT2D eigenvalue weighted by Gasteiger charge is 2.16. The summed E-state index contributed by atoms with van der Waals surface area (Å²) in [6.07, 6.45) is 0.245. The van der Waals surface area contributed by atoms with E-state index in [0.717, 1.165) is 5.56 Å². The normalized spacial score (nSPS) is 9.50. The fourth-order valence-corrected chi connectivity index (χ4v) is 2.14. The minimum absolute atomic E-state index is 0.0548. The first-order valence-corrected chi connectivity index (χ1v) is 5.43. The van der Waals surface area contributed by atoms with Gasteiger partial charge in [-0.25, -0.2) is 0 Å². The maximum Gasteiger partial charge on any atom is 0.283 e. The highest BCUT2D eigenvalue weighted by atomic mass is 127. The van der Waals surface area contributed by atoms with Crippen LogP contribution in [-0.2, 0) is 6.42 Å². The Morgan fingerprint density at radius 3 is 2.79 bits per heavy atom. The highest BCUT2D eigenvalue weighted by Crippen LogP contribution is 2.31. The van der Waals surface area contributed by atoms with Crippen LogP contribution >= 0.6 is 38.5 Å². The quantitative estimate of drug-likeness (QED) is 0.459. The van der Waals surface area contributed by atoms with Crippen LogP contribution in [0.1, 0.15) is 5.56 Å². The molecule has 0 N–H and O–H groups in total. The summed E-state index contributed by atoms with van der Waals surface area (Å²) >= 11 is 5.12. The van der Waals surface area contributed by atoms with Gasteiger partial charge in [0.2, 0.25) is 0 Å². The van der Waals surface area contributed by atoms with Crippen molar-refractivity contribution in [3.63, 3.8) is 0 Å². The summed E-state index contributed by atoms with van der Waals surface area (Å²) in [7, 11) is 0. The first kappa shape index (κ1) is 11.4. The molecule has 4 nitrogen and oxygen atoms in total. The highest BCUT2D eigenvalue weighted by molar-refractivity contribution is 14.1. The Morgan fingerprint density at radius 1 is 1.64 bits per heavy atom. The van der Waals surface area contributed by atoms with Crippen molar-refractivity contribution < 1.29 is 4.92 Å². The molecule has 0 unspecified atom stereocenters. The van der Waals surface area contributed by atoms with E-state index in [1.54, 1.807) is 6.07 Å². The molecule has 0 bridgehead atoms. The molecule has 1 rings (SSSR count). The Kier molecular flexibility index (Phi) is 3.83. The fourth-order valence-electron chi connectivity index (χ4n) is 0.942. The molecule has 14 heavy (non-hydrogen) atoms. The van der Waals surface area contributed by atoms with Gasteiger partial charge >= 0.3 is 0 Å². The van der Waals surface area contributed by atoms with Gasteiger partial charge in [0.05, 0.1) is 17.4 Å². The van der Waals surface area contributed by atoms with Crippen molar-refractivity contribution in [1.29, 1.82) is 5.26 Å². The van der Waals surface area contributed by atoms with Crippen molar-refractivity contribution in [1.82, 2.24) is 0 Å². The summed E-state index contributed by atoms with van der Waals surface area (Å²) in [5.74, 6) is 0. The Balaban J connectivity index is 3.27. The SMILES string of the molecule is N#CCc1ccc([N+](=O)[O-])c(I)c1Br. The van der Waals surface area contributed by atoms with Crippen LogP contribution in [-0.4, -0.2) is 4.92 Å². The summed E-state index contributed by atoms with van der Waals surface area (Å²) < 4.78 is 1.16. The maximum atomic E-state index is 10.6. The fraction of sp³-hybridized carbons (Fsp3) is 0.125. The first-order chi connectivity index (χ1) is 6.57. The van der Waals surface area contributed by atoms with Crippen molar-refractivity contribution in [2.45, 2.75) is 6.42 Å². The molecule has 0 fully saturated rings. The number of benzene rings is 1. The van der Waals surface area contributed by atoms with E-state index < -0.39 is 4.92 Å². The minimum Gasteiger partial charge on any atom is -0.258 e. The zero-order chi connectivity index (χ0) is 10.7. The number of nitrogens with zero attached hydrogens (tertiary/aromatic N) is 2. The van der Waals surface area contributed by atoms with Crippen molar-refractivity contribution in [2.75, 3.05) is 0 Å². The maximum absolute atomic E-state index is 10.6. The van der Waals surface area contributed by atoms with Crippen molar-refractivity contribution in [3.05, 3.63) is 35.9 Å². The van der Waals surface area contributed by atoms with E-state index in [2.05, 4.69) is 15.9 Å². The van der Waals surface area contributed by atoms with Crippen LogP contribution in [0.4, 0.5) is 5.69 Å². The number of nitriles is 1. The third kappa shape index (κ3) is 2.22. The smallest absolute Gasteiger partial charge is 0.258 e. The molecule has 0 aliphatic heterocycles. The van der Waals surface area contributed by atoms with Gasteiger partial charge in [-0.1, -0.05) is 0 Å². The van der Waals surface area contributed by atoms with Crippen LogP contribution < -0.4 is 0 Å². The van der Waals surface area contributed by atoms with Crippen LogP contribution in [0.3, 0.4) is 0 Å². The lowest BCUT2D eigenvalue weighted by Crippen LogP contribution is -1.95. The zero-order valence-corrected chi connectivity index (χ0v) is 10.6. The average molecular weight is 367 g/mol. The van der Waals surface area contributed by atoms with Gasteiger partial charge in [0.15, 0.2) is 0 Å². The molecule has 0 saturated heterocycles. The molecule has 0 saturated carbocycles. The Labute approximate surface area is 102 Å². The summed E-state index contributed by atoms with van der Waals surface area (Å²) in [4.78, 5) is 10.1. The van der Waals surface area contributed by atoms with E-state index in [4.69, 9.17) is 5.26 Å². The topological polar surface area (TPSA) is 66.9 Å². The Morgan fingerprint density at radius 2 is 2.29 bits per heavy atom. The van der Waals surface area contributed by atoms with Crippen LogP contribution in [0.5, 0.6) is 0 Å². The number of nitro groups is 1.